The molecule has 1 N–H and O–H groups in total. The van der Waals surface area contributed by atoms with Crippen LogP contribution in [0.25, 0.3) is 0 Å². The van der Waals surface area contributed by atoms with E-state index in [4.69, 9.17) is 0 Å². The number of halogens is 1. The largest absolute Gasteiger partial charge is 0.352 e. The SMILES string of the molecule is O=C(NC[C@@H]1C[C@@H]2C[C@@H]1[C@H]1C[C@H]21)c1ccc(F)cc1. The van der Waals surface area contributed by atoms with E-state index in [0.717, 1.165) is 30.2 Å². The minimum atomic E-state index is -0.301. The average molecular weight is 259 g/mol. The van der Waals surface area contributed by atoms with Crippen LogP contribution in [0.3, 0.4) is 0 Å². The molecule has 0 heterocycles. The van der Waals surface area contributed by atoms with E-state index >= 15 is 0 Å². The summed E-state index contributed by atoms with van der Waals surface area (Å²) >= 11 is 0. The molecule has 1 amide bonds. The molecule has 3 aliphatic rings. The lowest BCUT2D eigenvalue weighted by molar-refractivity contribution is 0.0941. The van der Waals surface area contributed by atoms with Crippen molar-refractivity contribution in [3.8, 4) is 0 Å². The van der Waals surface area contributed by atoms with E-state index < -0.39 is 0 Å². The Labute approximate surface area is 112 Å². The van der Waals surface area contributed by atoms with Crippen molar-refractivity contribution >= 4 is 5.91 Å². The van der Waals surface area contributed by atoms with Gasteiger partial charge in [0.25, 0.3) is 5.91 Å². The van der Waals surface area contributed by atoms with Crippen LogP contribution in [0.15, 0.2) is 24.3 Å². The third-order valence-corrected chi connectivity index (χ3v) is 5.46. The van der Waals surface area contributed by atoms with E-state index in [1.165, 1.54) is 31.4 Å². The molecule has 100 valence electrons. The quantitative estimate of drug-likeness (QED) is 0.888. The second-order valence-electron chi connectivity index (χ2n) is 6.44. The van der Waals surface area contributed by atoms with E-state index in [2.05, 4.69) is 5.32 Å². The molecule has 0 radical (unpaired) electrons. The molecule has 1 aromatic carbocycles. The summed E-state index contributed by atoms with van der Waals surface area (Å²) in [6, 6.07) is 5.76. The van der Waals surface area contributed by atoms with Crippen molar-refractivity contribution < 1.29 is 9.18 Å². The van der Waals surface area contributed by atoms with Crippen molar-refractivity contribution in [2.24, 2.45) is 29.6 Å². The summed E-state index contributed by atoms with van der Waals surface area (Å²) in [5, 5.41) is 3.02. The Morgan fingerprint density at radius 3 is 2.58 bits per heavy atom. The molecule has 5 atom stereocenters. The van der Waals surface area contributed by atoms with Gasteiger partial charge in [0.2, 0.25) is 0 Å². The second-order valence-corrected chi connectivity index (χ2v) is 6.44. The van der Waals surface area contributed by atoms with Gasteiger partial charge >= 0.3 is 0 Å². The molecular formula is C16H18FNO. The van der Waals surface area contributed by atoms with Crippen LogP contribution in [-0.2, 0) is 0 Å². The zero-order valence-corrected chi connectivity index (χ0v) is 10.8. The van der Waals surface area contributed by atoms with Crippen molar-refractivity contribution in [3.63, 3.8) is 0 Å². The molecule has 2 bridgehead atoms. The molecule has 3 fully saturated rings. The maximum absolute atomic E-state index is 12.8. The van der Waals surface area contributed by atoms with E-state index in [1.54, 1.807) is 12.1 Å². The van der Waals surface area contributed by atoms with Crippen LogP contribution in [0.2, 0.25) is 0 Å². The fourth-order valence-corrected chi connectivity index (χ4v) is 4.51. The predicted octanol–water partition coefficient (Wildman–Crippen LogP) is 2.85. The lowest BCUT2D eigenvalue weighted by Gasteiger charge is -2.21. The zero-order valence-electron chi connectivity index (χ0n) is 10.8. The van der Waals surface area contributed by atoms with E-state index in [0.29, 0.717) is 11.5 Å². The van der Waals surface area contributed by atoms with E-state index in [9.17, 15) is 9.18 Å². The molecule has 3 heteroatoms. The molecule has 0 spiro atoms. The molecule has 3 saturated carbocycles. The first-order valence-electron chi connectivity index (χ1n) is 7.26. The van der Waals surface area contributed by atoms with Crippen LogP contribution >= 0.6 is 0 Å². The molecule has 19 heavy (non-hydrogen) atoms. The lowest BCUT2D eigenvalue weighted by Crippen LogP contribution is -2.32. The summed E-state index contributed by atoms with van der Waals surface area (Å²) < 4.78 is 12.8. The highest BCUT2D eigenvalue weighted by Gasteiger charge is 2.60. The standard InChI is InChI=1S/C16H18FNO/c17-12-3-1-9(2-4-12)16(19)18-8-11-5-10-6-13(11)15-7-14(10)15/h1-4,10-11,13-15H,5-8H2,(H,18,19)/t10-,11+,13+,14-,15-/m1/s1. The maximum atomic E-state index is 12.8. The van der Waals surface area contributed by atoms with Crippen molar-refractivity contribution in [1.82, 2.24) is 5.32 Å². The molecule has 4 rings (SSSR count). The van der Waals surface area contributed by atoms with Crippen LogP contribution in [0.1, 0.15) is 29.6 Å². The van der Waals surface area contributed by atoms with Crippen molar-refractivity contribution in [3.05, 3.63) is 35.6 Å². The molecule has 3 aliphatic carbocycles. The van der Waals surface area contributed by atoms with Gasteiger partial charge in [-0.15, -0.1) is 0 Å². The number of fused-ring (bicyclic) bond motifs is 5. The molecular weight excluding hydrogens is 241 g/mol. The van der Waals surface area contributed by atoms with Gasteiger partial charge in [-0.25, -0.2) is 4.39 Å². The number of amides is 1. The Kier molecular flexibility index (Phi) is 2.44. The normalized spacial score (nSPS) is 38.1. The van der Waals surface area contributed by atoms with Gasteiger partial charge in [0.15, 0.2) is 0 Å². The van der Waals surface area contributed by atoms with E-state index in [1.807, 2.05) is 0 Å². The highest BCUT2D eigenvalue weighted by molar-refractivity contribution is 5.94. The Morgan fingerprint density at radius 1 is 1.11 bits per heavy atom. The highest BCUT2D eigenvalue weighted by Crippen LogP contribution is 2.67. The topological polar surface area (TPSA) is 29.1 Å². The van der Waals surface area contributed by atoms with Crippen LogP contribution < -0.4 is 5.32 Å². The Hall–Kier alpha value is -1.38. The number of rotatable bonds is 3. The lowest BCUT2D eigenvalue weighted by atomic mass is 9.88. The Bertz CT molecular complexity index is 512. The first-order chi connectivity index (χ1) is 9.22. The van der Waals surface area contributed by atoms with Crippen molar-refractivity contribution in [1.29, 1.82) is 0 Å². The smallest absolute Gasteiger partial charge is 0.251 e. The first-order valence-corrected chi connectivity index (χ1v) is 7.26. The van der Waals surface area contributed by atoms with E-state index in [-0.39, 0.29) is 11.7 Å². The number of hydrogen-bond donors (Lipinski definition) is 1. The summed E-state index contributed by atoms with van der Waals surface area (Å²) in [6.45, 7) is 0.792. The van der Waals surface area contributed by atoms with Gasteiger partial charge < -0.3 is 5.32 Å². The number of benzene rings is 1. The van der Waals surface area contributed by atoms with Gasteiger partial charge in [-0.2, -0.15) is 0 Å². The molecule has 0 saturated heterocycles. The number of hydrogen-bond acceptors (Lipinski definition) is 1. The number of carbonyl (C=O) groups is 1. The number of nitrogens with one attached hydrogen (secondary N) is 1. The fraction of sp³-hybridized carbons (Fsp3) is 0.562. The molecule has 2 nitrogen and oxygen atoms in total. The molecule has 1 aromatic rings. The summed E-state index contributed by atoms with van der Waals surface area (Å²) in [5.41, 5.74) is 0.550. The first kappa shape index (κ1) is 11.4. The van der Waals surface area contributed by atoms with Gasteiger partial charge in [-0.3, -0.25) is 4.79 Å². The Balaban J connectivity index is 1.35. The maximum Gasteiger partial charge on any atom is 0.251 e. The minimum Gasteiger partial charge on any atom is -0.352 e. The van der Waals surface area contributed by atoms with Crippen molar-refractivity contribution in [2.75, 3.05) is 6.54 Å². The van der Waals surface area contributed by atoms with Gasteiger partial charge in [-0.05, 0) is 73.1 Å². The van der Waals surface area contributed by atoms with Gasteiger partial charge in [-0.1, -0.05) is 0 Å². The van der Waals surface area contributed by atoms with Gasteiger partial charge in [0.05, 0.1) is 0 Å². The predicted molar refractivity (Wildman–Crippen MR) is 70.0 cm³/mol. The highest BCUT2D eigenvalue weighted by atomic mass is 19.1. The summed E-state index contributed by atoms with van der Waals surface area (Å²) in [5.74, 6) is 4.13. The van der Waals surface area contributed by atoms with Crippen LogP contribution in [0, 0.1) is 35.4 Å². The summed E-state index contributed by atoms with van der Waals surface area (Å²) in [6.07, 6.45) is 4.14. The summed E-state index contributed by atoms with van der Waals surface area (Å²) in [4.78, 5) is 12.0. The molecule has 0 aliphatic heterocycles. The molecule has 0 aromatic heterocycles. The zero-order chi connectivity index (χ0) is 13.0. The average Bonchev–Trinajstić information content (AvgIpc) is 3.03. The third kappa shape index (κ3) is 1.87. The second kappa shape index (κ2) is 4.06. The van der Waals surface area contributed by atoms with Gasteiger partial charge in [0, 0.05) is 12.1 Å². The molecule has 0 unspecified atom stereocenters. The van der Waals surface area contributed by atoms with Crippen LogP contribution in [0.4, 0.5) is 4.39 Å². The van der Waals surface area contributed by atoms with Crippen molar-refractivity contribution in [2.45, 2.75) is 19.3 Å². The fourth-order valence-electron chi connectivity index (χ4n) is 4.51. The van der Waals surface area contributed by atoms with Crippen LogP contribution in [0.5, 0.6) is 0 Å². The minimum absolute atomic E-state index is 0.0740. The van der Waals surface area contributed by atoms with Crippen LogP contribution in [-0.4, -0.2) is 12.5 Å². The number of carbonyl (C=O) groups excluding carboxylic acids is 1. The van der Waals surface area contributed by atoms with Gasteiger partial charge in [0.1, 0.15) is 5.82 Å². The third-order valence-electron chi connectivity index (χ3n) is 5.46. The Morgan fingerprint density at radius 2 is 1.89 bits per heavy atom. The summed E-state index contributed by atoms with van der Waals surface area (Å²) in [7, 11) is 0. The monoisotopic (exact) mass is 259 g/mol.